The van der Waals surface area contributed by atoms with Crippen LogP contribution in [0, 0.1) is 0 Å². The average Bonchev–Trinajstić information content (AvgIpc) is 3.36. The van der Waals surface area contributed by atoms with Crippen molar-refractivity contribution in [1.82, 2.24) is 14.3 Å². The lowest BCUT2D eigenvalue weighted by Gasteiger charge is -2.38. The van der Waals surface area contributed by atoms with Crippen LogP contribution in [-0.2, 0) is 29.6 Å². The zero-order valence-electron chi connectivity index (χ0n) is 22.5. The van der Waals surface area contributed by atoms with Crippen LogP contribution in [0.25, 0.3) is 0 Å². The number of benzene rings is 2. The second-order valence-corrected chi connectivity index (χ2v) is 14.2. The summed E-state index contributed by atoms with van der Waals surface area (Å²) in [5.74, 6) is 0.435. The van der Waals surface area contributed by atoms with E-state index in [1.165, 1.54) is 35.6 Å². The second kappa shape index (κ2) is 11.8. The van der Waals surface area contributed by atoms with Crippen LogP contribution in [0.4, 0.5) is 5.69 Å². The molecule has 0 saturated carbocycles. The number of nitrogens with one attached hydrogen (secondary N) is 3. The van der Waals surface area contributed by atoms with E-state index in [0.29, 0.717) is 56.1 Å². The van der Waals surface area contributed by atoms with E-state index in [9.17, 15) is 26.7 Å². The van der Waals surface area contributed by atoms with E-state index in [-0.39, 0.29) is 41.5 Å². The van der Waals surface area contributed by atoms with Crippen molar-refractivity contribution in [2.45, 2.75) is 46.8 Å². The van der Waals surface area contributed by atoms with E-state index >= 15 is 0 Å². The predicted molar refractivity (Wildman–Crippen MR) is 148 cm³/mol. The lowest BCUT2D eigenvalue weighted by atomic mass is 9.88. The molecule has 224 valence electrons. The number of aliphatic hydroxyl groups is 1. The number of hydrogen-bond acceptors (Lipinski definition) is 10. The lowest BCUT2D eigenvalue weighted by Crippen LogP contribution is -2.47. The largest absolute Gasteiger partial charge is 0.491 e. The molecule has 13 nitrogen and oxygen atoms in total. The predicted octanol–water partition coefficient (Wildman–Crippen LogP) is 0.267. The second-order valence-electron chi connectivity index (χ2n) is 10.3. The van der Waals surface area contributed by atoms with Gasteiger partial charge in [0.1, 0.15) is 24.2 Å². The summed E-state index contributed by atoms with van der Waals surface area (Å²) in [6.07, 6.45) is 0.912. The van der Waals surface area contributed by atoms with Crippen molar-refractivity contribution in [2.24, 2.45) is 0 Å². The number of rotatable bonds is 10. The zero-order chi connectivity index (χ0) is 29.3. The molecule has 3 heterocycles. The van der Waals surface area contributed by atoms with Gasteiger partial charge in [0.2, 0.25) is 20.0 Å². The number of carbonyl (C=O) groups is 1. The Morgan fingerprint density at radius 1 is 1.15 bits per heavy atom. The SMILES string of the molecule is CNS(=O)(=O)c1cccc(OCC(O)CN[C@@H]2COC3(CCN(S(=O)(=O)c4ccc5c(c4)NC(=O)CO5)CC3)C2)c1. The van der Waals surface area contributed by atoms with Crippen LogP contribution in [-0.4, -0.2) is 96.4 Å². The highest BCUT2D eigenvalue weighted by Gasteiger charge is 2.44. The van der Waals surface area contributed by atoms with E-state index in [2.05, 4.69) is 15.4 Å². The van der Waals surface area contributed by atoms with Gasteiger partial charge in [0.25, 0.3) is 5.91 Å². The van der Waals surface area contributed by atoms with Crippen LogP contribution in [0.3, 0.4) is 0 Å². The molecule has 2 atom stereocenters. The first kappa shape index (κ1) is 29.7. The van der Waals surface area contributed by atoms with Gasteiger partial charge < -0.3 is 30.0 Å². The Bertz CT molecular complexity index is 1490. The molecule has 2 fully saturated rings. The smallest absolute Gasteiger partial charge is 0.262 e. The van der Waals surface area contributed by atoms with E-state index < -0.39 is 31.8 Å². The van der Waals surface area contributed by atoms with E-state index in [4.69, 9.17) is 14.2 Å². The molecule has 15 heteroatoms. The summed E-state index contributed by atoms with van der Waals surface area (Å²) >= 11 is 0. The number of amides is 1. The lowest BCUT2D eigenvalue weighted by molar-refractivity contribution is -0.118. The van der Waals surface area contributed by atoms with Crippen LogP contribution >= 0.6 is 0 Å². The molecule has 5 rings (SSSR count). The van der Waals surface area contributed by atoms with Crippen LogP contribution in [0.15, 0.2) is 52.3 Å². The molecule has 0 aromatic heterocycles. The molecule has 41 heavy (non-hydrogen) atoms. The van der Waals surface area contributed by atoms with Gasteiger partial charge in [-0.15, -0.1) is 0 Å². The van der Waals surface area contributed by atoms with Crippen molar-refractivity contribution in [3.8, 4) is 11.5 Å². The fourth-order valence-corrected chi connectivity index (χ4v) is 7.47. The number of aliphatic hydroxyl groups excluding tert-OH is 1. The number of anilines is 1. The monoisotopic (exact) mass is 610 g/mol. The summed E-state index contributed by atoms with van der Waals surface area (Å²) in [6, 6.07) is 10.5. The molecule has 4 N–H and O–H groups in total. The first-order valence-electron chi connectivity index (χ1n) is 13.3. The van der Waals surface area contributed by atoms with Crippen molar-refractivity contribution in [3.05, 3.63) is 42.5 Å². The van der Waals surface area contributed by atoms with Crippen LogP contribution in [0.1, 0.15) is 19.3 Å². The van der Waals surface area contributed by atoms with Crippen molar-refractivity contribution in [2.75, 3.05) is 51.8 Å². The minimum atomic E-state index is -3.76. The third kappa shape index (κ3) is 6.66. The number of fused-ring (bicyclic) bond motifs is 1. The zero-order valence-corrected chi connectivity index (χ0v) is 24.2. The van der Waals surface area contributed by atoms with Gasteiger partial charge in [-0.3, -0.25) is 4.79 Å². The van der Waals surface area contributed by atoms with Crippen LogP contribution in [0.5, 0.6) is 11.5 Å². The Balaban J connectivity index is 1.09. The van der Waals surface area contributed by atoms with E-state index in [1.54, 1.807) is 18.2 Å². The van der Waals surface area contributed by atoms with Gasteiger partial charge in [0.15, 0.2) is 6.61 Å². The quantitative estimate of drug-likeness (QED) is 0.293. The maximum Gasteiger partial charge on any atom is 0.262 e. The highest BCUT2D eigenvalue weighted by Crippen LogP contribution is 2.38. The topological polar surface area (TPSA) is 173 Å². The minimum absolute atomic E-state index is 0.0128. The third-order valence-electron chi connectivity index (χ3n) is 7.53. The highest BCUT2D eigenvalue weighted by atomic mass is 32.2. The molecule has 3 aliphatic rings. The van der Waals surface area contributed by atoms with Crippen molar-refractivity contribution in [1.29, 1.82) is 0 Å². The maximum atomic E-state index is 13.3. The molecular weight excluding hydrogens is 576 g/mol. The third-order valence-corrected chi connectivity index (χ3v) is 10.8. The fraction of sp³-hybridized carbons (Fsp3) is 0.500. The summed E-state index contributed by atoms with van der Waals surface area (Å²) in [7, 11) is -6.03. The van der Waals surface area contributed by atoms with Gasteiger partial charge in [0.05, 0.1) is 27.7 Å². The van der Waals surface area contributed by atoms with Gasteiger partial charge in [-0.1, -0.05) is 6.07 Å². The van der Waals surface area contributed by atoms with Crippen molar-refractivity contribution < 1.29 is 40.9 Å². The standard InChI is InChI=1S/C26H34N4O9S2/c1-27-40(33,34)21-4-2-3-20(11-21)37-16-19(31)14-28-18-13-26(39-15-18)7-9-30(10-8-26)41(35,36)22-5-6-24-23(12-22)29-25(32)17-38-24/h2-6,11-12,18-19,27-28,31H,7-10,13-17H2,1H3,(H,29,32)/t18-,19?/m0/s1. The molecule has 1 spiro atoms. The number of ether oxygens (including phenoxy) is 3. The van der Waals surface area contributed by atoms with E-state index in [1.807, 2.05) is 0 Å². The number of nitrogens with zero attached hydrogens (tertiary/aromatic N) is 1. The molecule has 0 bridgehead atoms. The summed E-state index contributed by atoms with van der Waals surface area (Å²) in [4.78, 5) is 11.8. The molecule has 1 unspecified atom stereocenters. The van der Waals surface area contributed by atoms with Crippen molar-refractivity contribution >= 4 is 31.6 Å². The Morgan fingerprint density at radius 3 is 2.68 bits per heavy atom. The normalized spacial score (nSPS) is 21.6. The molecule has 2 aromatic carbocycles. The van der Waals surface area contributed by atoms with Gasteiger partial charge >= 0.3 is 0 Å². The number of piperidine rings is 1. The molecule has 2 saturated heterocycles. The minimum Gasteiger partial charge on any atom is -0.491 e. The summed E-state index contributed by atoms with van der Waals surface area (Å²) in [6.45, 7) is 1.16. The number of hydrogen-bond donors (Lipinski definition) is 4. The number of sulfonamides is 2. The summed E-state index contributed by atoms with van der Waals surface area (Å²) in [5.41, 5.74) is -0.103. The highest BCUT2D eigenvalue weighted by molar-refractivity contribution is 7.89. The first-order valence-corrected chi connectivity index (χ1v) is 16.2. The average molecular weight is 611 g/mol. The molecule has 0 aliphatic carbocycles. The van der Waals surface area contributed by atoms with Crippen molar-refractivity contribution in [3.63, 3.8) is 0 Å². The van der Waals surface area contributed by atoms with Gasteiger partial charge in [-0.25, -0.2) is 21.6 Å². The Kier molecular flexibility index (Phi) is 8.57. The van der Waals surface area contributed by atoms with Gasteiger partial charge in [0, 0.05) is 31.7 Å². The fourth-order valence-electron chi connectivity index (χ4n) is 5.23. The summed E-state index contributed by atoms with van der Waals surface area (Å²) in [5, 5.41) is 16.3. The number of carbonyl (C=O) groups excluding carboxylic acids is 1. The Labute approximate surface area is 239 Å². The molecule has 2 aromatic rings. The Hall–Kier alpha value is -2.79. The van der Waals surface area contributed by atoms with Crippen LogP contribution in [0.2, 0.25) is 0 Å². The summed E-state index contributed by atoms with van der Waals surface area (Å²) < 4.78 is 71.3. The van der Waals surface area contributed by atoms with E-state index in [0.717, 1.165) is 0 Å². The Morgan fingerprint density at radius 2 is 1.93 bits per heavy atom. The maximum absolute atomic E-state index is 13.3. The first-order chi connectivity index (χ1) is 19.5. The van der Waals surface area contributed by atoms with Gasteiger partial charge in [-0.05, 0) is 56.6 Å². The van der Waals surface area contributed by atoms with Crippen LogP contribution < -0.4 is 24.8 Å². The molecular formula is C26H34N4O9S2. The molecule has 3 aliphatic heterocycles. The molecule has 0 radical (unpaired) electrons. The molecule has 1 amide bonds. The van der Waals surface area contributed by atoms with Gasteiger partial charge in [-0.2, -0.15) is 4.31 Å².